The summed E-state index contributed by atoms with van der Waals surface area (Å²) in [5.41, 5.74) is 6.49. The Balaban J connectivity index is 2.18. The van der Waals surface area contributed by atoms with Crippen molar-refractivity contribution in [2.45, 2.75) is 6.10 Å². The first kappa shape index (κ1) is 12.8. The topological polar surface area (TPSA) is 48.1 Å². The van der Waals surface area contributed by atoms with Crippen molar-refractivity contribution in [2.75, 3.05) is 6.54 Å². The molecule has 0 aliphatic heterocycles. The highest BCUT2D eigenvalue weighted by molar-refractivity contribution is 6.30. The standard InChI is InChI=1S/C13H12ClFN2O/c14-11-4-3-10(6-12(11)15)18-13(7-16)9-2-1-5-17-8-9/h1-6,8,13H,7,16H2. The van der Waals surface area contributed by atoms with Crippen molar-refractivity contribution in [3.05, 3.63) is 59.1 Å². The second-order valence-corrected chi connectivity index (χ2v) is 4.11. The molecule has 2 aromatic rings. The summed E-state index contributed by atoms with van der Waals surface area (Å²) in [6.45, 7) is 0.274. The summed E-state index contributed by atoms with van der Waals surface area (Å²) in [4.78, 5) is 4.00. The van der Waals surface area contributed by atoms with Crippen LogP contribution in [0.4, 0.5) is 4.39 Å². The highest BCUT2D eigenvalue weighted by Gasteiger charge is 2.12. The molecule has 5 heteroatoms. The van der Waals surface area contributed by atoms with E-state index in [0.717, 1.165) is 5.56 Å². The Morgan fingerprint density at radius 2 is 2.22 bits per heavy atom. The largest absolute Gasteiger partial charge is 0.484 e. The Kier molecular flexibility index (Phi) is 4.12. The van der Waals surface area contributed by atoms with Gasteiger partial charge in [0.05, 0.1) is 5.02 Å². The van der Waals surface area contributed by atoms with E-state index in [2.05, 4.69) is 4.98 Å². The van der Waals surface area contributed by atoms with Gasteiger partial charge in [0, 0.05) is 30.6 Å². The maximum Gasteiger partial charge on any atom is 0.145 e. The van der Waals surface area contributed by atoms with Crippen LogP contribution in [0.5, 0.6) is 5.75 Å². The van der Waals surface area contributed by atoms with Gasteiger partial charge in [0.15, 0.2) is 0 Å². The molecular formula is C13H12ClFN2O. The number of benzene rings is 1. The van der Waals surface area contributed by atoms with E-state index >= 15 is 0 Å². The van der Waals surface area contributed by atoms with E-state index in [1.807, 2.05) is 6.07 Å². The number of pyridine rings is 1. The van der Waals surface area contributed by atoms with Crippen LogP contribution in [0.15, 0.2) is 42.7 Å². The van der Waals surface area contributed by atoms with Gasteiger partial charge in [-0.2, -0.15) is 0 Å². The molecule has 1 aromatic heterocycles. The van der Waals surface area contributed by atoms with Gasteiger partial charge in [-0.1, -0.05) is 17.7 Å². The summed E-state index contributed by atoms with van der Waals surface area (Å²) in [7, 11) is 0. The molecule has 0 saturated carbocycles. The molecule has 2 rings (SSSR count). The predicted molar refractivity (Wildman–Crippen MR) is 68.1 cm³/mol. The lowest BCUT2D eigenvalue weighted by Gasteiger charge is -2.17. The van der Waals surface area contributed by atoms with Crippen molar-refractivity contribution < 1.29 is 9.13 Å². The van der Waals surface area contributed by atoms with Crippen LogP contribution in [0.3, 0.4) is 0 Å². The molecule has 0 radical (unpaired) electrons. The van der Waals surface area contributed by atoms with Crippen molar-refractivity contribution in [1.29, 1.82) is 0 Å². The van der Waals surface area contributed by atoms with Crippen LogP contribution in [0.25, 0.3) is 0 Å². The lowest BCUT2D eigenvalue weighted by Crippen LogP contribution is -2.18. The van der Waals surface area contributed by atoms with Crippen molar-refractivity contribution in [3.63, 3.8) is 0 Å². The molecular weight excluding hydrogens is 255 g/mol. The fourth-order valence-electron chi connectivity index (χ4n) is 1.53. The molecule has 18 heavy (non-hydrogen) atoms. The average Bonchev–Trinajstić information content (AvgIpc) is 2.41. The Hall–Kier alpha value is -1.65. The van der Waals surface area contributed by atoms with Gasteiger partial charge in [-0.05, 0) is 18.2 Å². The smallest absolute Gasteiger partial charge is 0.145 e. The molecule has 0 amide bonds. The number of hydrogen-bond donors (Lipinski definition) is 1. The van der Waals surface area contributed by atoms with Crippen molar-refractivity contribution in [1.82, 2.24) is 4.98 Å². The van der Waals surface area contributed by atoms with Crippen LogP contribution >= 0.6 is 11.6 Å². The summed E-state index contributed by atoms with van der Waals surface area (Å²) >= 11 is 5.60. The normalized spacial score (nSPS) is 12.2. The fourth-order valence-corrected chi connectivity index (χ4v) is 1.65. The Labute approximate surface area is 109 Å². The van der Waals surface area contributed by atoms with Gasteiger partial charge >= 0.3 is 0 Å². The van der Waals surface area contributed by atoms with E-state index in [9.17, 15) is 4.39 Å². The molecule has 1 heterocycles. The third-order valence-corrected chi connectivity index (χ3v) is 2.75. The van der Waals surface area contributed by atoms with E-state index in [-0.39, 0.29) is 17.7 Å². The van der Waals surface area contributed by atoms with Gasteiger partial charge in [0.1, 0.15) is 17.7 Å². The van der Waals surface area contributed by atoms with Crippen LogP contribution in [-0.2, 0) is 0 Å². The third kappa shape index (κ3) is 2.97. The molecule has 94 valence electrons. The number of nitrogens with zero attached hydrogens (tertiary/aromatic N) is 1. The minimum absolute atomic E-state index is 0.0630. The van der Waals surface area contributed by atoms with Crippen LogP contribution in [-0.4, -0.2) is 11.5 Å². The van der Waals surface area contributed by atoms with Crippen LogP contribution in [0.1, 0.15) is 11.7 Å². The van der Waals surface area contributed by atoms with Gasteiger partial charge in [0.2, 0.25) is 0 Å². The summed E-state index contributed by atoms with van der Waals surface area (Å²) in [6, 6.07) is 7.94. The molecule has 1 aromatic carbocycles. The number of nitrogens with two attached hydrogens (primary N) is 1. The van der Waals surface area contributed by atoms with E-state index in [0.29, 0.717) is 5.75 Å². The van der Waals surface area contributed by atoms with E-state index < -0.39 is 5.82 Å². The Bertz CT molecular complexity index is 522. The molecule has 0 saturated heterocycles. The Morgan fingerprint density at radius 1 is 1.39 bits per heavy atom. The zero-order chi connectivity index (χ0) is 13.0. The first-order valence-corrected chi connectivity index (χ1v) is 5.80. The quantitative estimate of drug-likeness (QED) is 0.926. The maximum atomic E-state index is 13.3. The minimum atomic E-state index is -0.517. The first-order valence-electron chi connectivity index (χ1n) is 5.42. The van der Waals surface area contributed by atoms with Crippen LogP contribution < -0.4 is 10.5 Å². The number of ether oxygens (including phenoxy) is 1. The number of rotatable bonds is 4. The monoisotopic (exact) mass is 266 g/mol. The van der Waals surface area contributed by atoms with Gasteiger partial charge in [0.25, 0.3) is 0 Å². The zero-order valence-electron chi connectivity index (χ0n) is 9.51. The lowest BCUT2D eigenvalue weighted by atomic mass is 10.1. The van der Waals surface area contributed by atoms with Crippen LogP contribution in [0.2, 0.25) is 5.02 Å². The molecule has 1 atom stereocenters. The second-order valence-electron chi connectivity index (χ2n) is 3.70. The van der Waals surface area contributed by atoms with Crippen molar-refractivity contribution in [2.24, 2.45) is 5.73 Å². The average molecular weight is 267 g/mol. The van der Waals surface area contributed by atoms with E-state index in [1.54, 1.807) is 24.5 Å². The fraction of sp³-hybridized carbons (Fsp3) is 0.154. The summed E-state index contributed by atoms with van der Waals surface area (Å²) in [5.74, 6) is -0.132. The number of hydrogen-bond acceptors (Lipinski definition) is 3. The molecule has 3 nitrogen and oxygen atoms in total. The summed E-state index contributed by atoms with van der Waals surface area (Å²) in [6.07, 6.45) is 2.97. The van der Waals surface area contributed by atoms with E-state index in [1.165, 1.54) is 12.1 Å². The lowest BCUT2D eigenvalue weighted by molar-refractivity contribution is 0.213. The van der Waals surface area contributed by atoms with Crippen molar-refractivity contribution in [3.8, 4) is 5.75 Å². The molecule has 2 N–H and O–H groups in total. The maximum absolute atomic E-state index is 13.3. The zero-order valence-corrected chi connectivity index (χ0v) is 10.3. The molecule has 0 fully saturated rings. The number of aromatic nitrogens is 1. The van der Waals surface area contributed by atoms with E-state index in [4.69, 9.17) is 22.1 Å². The third-order valence-electron chi connectivity index (χ3n) is 2.44. The molecule has 0 aliphatic carbocycles. The molecule has 0 aliphatic rings. The van der Waals surface area contributed by atoms with Crippen LogP contribution in [0, 0.1) is 5.82 Å². The number of halogens is 2. The minimum Gasteiger partial charge on any atom is -0.484 e. The molecule has 0 spiro atoms. The van der Waals surface area contributed by atoms with Crippen molar-refractivity contribution >= 4 is 11.6 Å². The molecule has 1 unspecified atom stereocenters. The first-order chi connectivity index (χ1) is 8.70. The summed E-state index contributed by atoms with van der Waals surface area (Å²) < 4.78 is 18.9. The van der Waals surface area contributed by atoms with Gasteiger partial charge in [-0.3, -0.25) is 4.98 Å². The second kappa shape index (κ2) is 5.80. The highest BCUT2D eigenvalue weighted by atomic mass is 35.5. The summed E-state index contributed by atoms with van der Waals surface area (Å²) in [5, 5.41) is 0.0630. The molecule has 0 bridgehead atoms. The van der Waals surface area contributed by atoms with Gasteiger partial charge in [-0.15, -0.1) is 0 Å². The van der Waals surface area contributed by atoms with Gasteiger partial charge in [-0.25, -0.2) is 4.39 Å². The predicted octanol–water partition coefficient (Wildman–Crippen LogP) is 2.95. The van der Waals surface area contributed by atoms with Gasteiger partial charge < -0.3 is 10.5 Å². The Morgan fingerprint density at radius 3 is 2.83 bits per heavy atom. The SMILES string of the molecule is NCC(Oc1ccc(Cl)c(F)c1)c1cccnc1. The highest BCUT2D eigenvalue weighted by Crippen LogP contribution is 2.24.